The van der Waals surface area contributed by atoms with Crippen LogP contribution in [0.25, 0.3) is 0 Å². The van der Waals surface area contributed by atoms with Gasteiger partial charge in [0.2, 0.25) is 0 Å². The maximum absolute atomic E-state index is 12.0. The first-order chi connectivity index (χ1) is 14.5. The molecule has 1 heterocycles. The Hall–Kier alpha value is 0.0300. The van der Waals surface area contributed by atoms with Gasteiger partial charge in [-0.2, -0.15) is 0 Å². The van der Waals surface area contributed by atoms with Crippen molar-refractivity contribution in [1.29, 1.82) is 0 Å². The molecule has 0 aromatic rings. The molecule has 1 saturated heterocycles. The number of rotatable bonds is 20. The summed E-state index contributed by atoms with van der Waals surface area (Å²) in [6.07, 6.45) is 18.0. The Labute approximate surface area is 185 Å². The van der Waals surface area contributed by atoms with Gasteiger partial charge in [0.15, 0.2) is 0 Å². The van der Waals surface area contributed by atoms with Crippen LogP contribution in [0.4, 0.5) is 0 Å². The van der Waals surface area contributed by atoms with E-state index in [9.17, 15) is 9.46 Å². The lowest BCUT2D eigenvalue weighted by Crippen LogP contribution is -2.53. The first-order valence-corrected chi connectivity index (χ1v) is 14.0. The van der Waals surface area contributed by atoms with E-state index in [1.165, 1.54) is 77.0 Å². The fraction of sp³-hybridized carbons (Fsp3) is 1.00. The summed E-state index contributed by atoms with van der Waals surface area (Å²) < 4.78 is 28.4. The molecule has 0 aliphatic carbocycles. The molecule has 1 fully saturated rings. The van der Waals surface area contributed by atoms with Crippen LogP contribution in [-0.2, 0) is 18.3 Å². The third-order valence-electron chi connectivity index (χ3n) is 6.19. The van der Waals surface area contributed by atoms with Crippen molar-refractivity contribution in [3.63, 3.8) is 0 Å². The summed E-state index contributed by atoms with van der Waals surface area (Å²) in [4.78, 5) is 9.81. The number of likely N-dealkylation sites (N-methyl/N-ethyl adjacent to an activating group) is 1. The summed E-state index contributed by atoms with van der Waals surface area (Å²) in [6.45, 7) is 6.82. The van der Waals surface area contributed by atoms with Crippen LogP contribution in [0.5, 0.6) is 0 Å². The van der Waals surface area contributed by atoms with Crippen LogP contribution in [0.2, 0.25) is 0 Å². The number of ether oxygens (including phenoxy) is 1. The fourth-order valence-corrected chi connectivity index (χ4v) is 4.64. The van der Waals surface area contributed by atoms with E-state index in [0.29, 0.717) is 13.2 Å². The van der Waals surface area contributed by atoms with Gasteiger partial charge in [-0.05, 0) is 6.42 Å². The maximum atomic E-state index is 12.0. The zero-order valence-corrected chi connectivity index (χ0v) is 20.7. The van der Waals surface area contributed by atoms with Crippen molar-refractivity contribution in [2.45, 2.75) is 96.8 Å². The van der Waals surface area contributed by atoms with Crippen molar-refractivity contribution in [3.8, 4) is 0 Å². The number of quaternary nitrogens is 1. The molecule has 1 atom stereocenters. The summed E-state index contributed by atoms with van der Waals surface area (Å²) >= 11 is 0. The van der Waals surface area contributed by atoms with E-state index in [-0.39, 0.29) is 6.61 Å². The van der Waals surface area contributed by atoms with E-state index in [4.69, 9.17) is 13.8 Å². The number of hydrogen-bond donors (Lipinski definition) is 1. The fourth-order valence-electron chi connectivity index (χ4n) is 3.90. The molecule has 1 aliphatic rings. The van der Waals surface area contributed by atoms with E-state index in [2.05, 4.69) is 14.0 Å². The summed E-state index contributed by atoms with van der Waals surface area (Å²) in [7, 11) is -1.79. The van der Waals surface area contributed by atoms with Crippen LogP contribution < -0.4 is 0 Å². The molecule has 1 unspecified atom stereocenters. The third kappa shape index (κ3) is 15.8. The zero-order valence-electron chi connectivity index (χ0n) is 19.8. The molecule has 0 aromatic heterocycles. The highest BCUT2D eigenvalue weighted by molar-refractivity contribution is 7.47. The average Bonchev–Trinajstić information content (AvgIpc) is 2.71. The quantitative estimate of drug-likeness (QED) is 0.138. The predicted octanol–water partition coefficient (Wildman–Crippen LogP) is 6.08. The molecule has 0 aromatic carbocycles. The first kappa shape index (κ1) is 28.1. The number of nitrogens with zero attached hydrogens (tertiary/aromatic N) is 1. The Morgan fingerprint density at radius 2 is 1.20 bits per heavy atom. The minimum atomic E-state index is -3.92. The summed E-state index contributed by atoms with van der Waals surface area (Å²) in [5, 5.41) is 0. The van der Waals surface area contributed by atoms with Crippen molar-refractivity contribution in [1.82, 2.24) is 0 Å². The number of phosphoric acid groups is 1. The predicted molar refractivity (Wildman–Crippen MR) is 124 cm³/mol. The van der Waals surface area contributed by atoms with Gasteiger partial charge in [0.25, 0.3) is 0 Å². The highest BCUT2D eigenvalue weighted by atomic mass is 31.2. The van der Waals surface area contributed by atoms with Crippen molar-refractivity contribution in [2.24, 2.45) is 0 Å². The summed E-state index contributed by atoms with van der Waals surface area (Å²) in [6, 6.07) is 0. The van der Waals surface area contributed by atoms with Crippen molar-refractivity contribution in [2.75, 3.05) is 53.1 Å². The van der Waals surface area contributed by atoms with Crippen LogP contribution >= 0.6 is 7.82 Å². The molecule has 6 nitrogen and oxygen atoms in total. The van der Waals surface area contributed by atoms with Crippen molar-refractivity contribution >= 4 is 7.82 Å². The molecule has 1 rings (SSSR count). The van der Waals surface area contributed by atoms with Gasteiger partial charge in [0.1, 0.15) is 26.2 Å². The molecule has 0 amide bonds. The summed E-state index contributed by atoms with van der Waals surface area (Å²) in [5.74, 6) is 0. The van der Waals surface area contributed by atoms with Gasteiger partial charge in [-0.15, -0.1) is 0 Å². The van der Waals surface area contributed by atoms with Gasteiger partial charge in [0, 0.05) is 0 Å². The molecule has 0 radical (unpaired) electrons. The molecule has 0 saturated carbocycles. The molecule has 1 aliphatic heterocycles. The molecule has 30 heavy (non-hydrogen) atoms. The second kappa shape index (κ2) is 17.6. The summed E-state index contributed by atoms with van der Waals surface area (Å²) in [5.41, 5.74) is 0. The van der Waals surface area contributed by atoms with E-state index in [1.54, 1.807) is 0 Å². The monoisotopic (exact) mass is 450 g/mol. The van der Waals surface area contributed by atoms with Crippen molar-refractivity contribution in [3.05, 3.63) is 0 Å². The normalized spacial score (nSPS) is 18.4. The molecule has 180 valence electrons. The highest BCUT2D eigenvalue weighted by Gasteiger charge is 2.27. The lowest BCUT2D eigenvalue weighted by molar-refractivity contribution is -0.916. The Bertz CT molecular complexity index is 443. The van der Waals surface area contributed by atoms with Crippen LogP contribution in [-0.4, -0.2) is 62.5 Å². The molecule has 0 bridgehead atoms. The van der Waals surface area contributed by atoms with E-state index >= 15 is 0 Å². The number of unbranched alkanes of at least 4 members (excludes halogenated alkanes) is 13. The second-order valence-electron chi connectivity index (χ2n) is 9.13. The van der Waals surface area contributed by atoms with E-state index < -0.39 is 7.82 Å². The average molecular weight is 451 g/mol. The number of hydrogen-bond acceptors (Lipinski definition) is 4. The Morgan fingerprint density at radius 3 is 1.70 bits per heavy atom. The highest BCUT2D eigenvalue weighted by Crippen LogP contribution is 2.43. The molecule has 7 heteroatoms. The molecule has 0 spiro atoms. The Balaban J connectivity index is 1.85. The van der Waals surface area contributed by atoms with E-state index in [1.807, 2.05) is 0 Å². The smallest absolute Gasteiger partial charge is 0.370 e. The van der Waals surface area contributed by atoms with Crippen LogP contribution in [0.1, 0.15) is 96.8 Å². The zero-order chi connectivity index (χ0) is 22.0. The van der Waals surface area contributed by atoms with Gasteiger partial charge in [-0.1, -0.05) is 90.4 Å². The van der Waals surface area contributed by atoms with Gasteiger partial charge in [0.05, 0.1) is 26.9 Å². The van der Waals surface area contributed by atoms with Gasteiger partial charge < -0.3 is 14.1 Å². The Morgan fingerprint density at radius 1 is 0.767 bits per heavy atom. The van der Waals surface area contributed by atoms with E-state index in [0.717, 1.165) is 43.6 Å². The topological polar surface area (TPSA) is 65.0 Å². The largest absolute Gasteiger partial charge is 0.472 e. The van der Waals surface area contributed by atoms with Gasteiger partial charge in [-0.25, -0.2) is 4.57 Å². The first-order valence-electron chi connectivity index (χ1n) is 12.5. The van der Waals surface area contributed by atoms with Crippen LogP contribution in [0.15, 0.2) is 0 Å². The SMILES string of the molecule is CCCCCCCCCCCCCCCCOP(=O)(O)OCC[N+]1(C)CCOCC1. The minimum Gasteiger partial charge on any atom is -0.370 e. The lowest BCUT2D eigenvalue weighted by atomic mass is 10.0. The molecular weight excluding hydrogens is 401 g/mol. The number of morpholine rings is 1. The van der Waals surface area contributed by atoms with Crippen LogP contribution in [0.3, 0.4) is 0 Å². The van der Waals surface area contributed by atoms with Gasteiger partial charge in [-0.3, -0.25) is 9.05 Å². The Kier molecular flexibility index (Phi) is 16.4. The maximum Gasteiger partial charge on any atom is 0.472 e. The molecule has 1 N–H and O–H groups in total. The van der Waals surface area contributed by atoms with Gasteiger partial charge >= 0.3 is 7.82 Å². The third-order valence-corrected chi connectivity index (χ3v) is 7.21. The van der Waals surface area contributed by atoms with Crippen molar-refractivity contribution < 1.29 is 27.7 Å². The van der Waals surface area contributed by atoms with Crippen LogP contribution in [0, 0.1) is 0 Å². The number of phosphoric ester groups is 1. The second-order valence-corrected chi connectivity index (χ2v) is 10.6. The minimum absolute atomic E-state index is 0.239. The molecular formula is C23H49NO5P+. The lowest BCUT2D eigenvalue weighted by Gasteiger charge is -2.37. The standard InChI is InChI=1S/C23H48NO5P/c1-3-4-5-6-7-8-9-10-11-12-13-14-15-16-20-28-30(25,26)29-23-19-24(2)17-21-27-22-18-24/h3-23H2,1-2H3/p+1.